The Morgan fingerprint density at radius 3 is 2.67 bits per heavy atom. The summed E-state index contributed by atoms with van der Waals surface area (Å²) < 4.78 is 5.86. The van der Waals surface area contributed by atoms with Crippen molar-refractivity contribution in [3.8, 4) is 11.5 Å². The predicted molar refractivity (Wildman–Crippen MR) is 83.7 cm³/mol. The number of aryl methyl sites for hydroxylation is 2. The van der Waals surface area contributed by atoms with Gasteiger partial charge in [-0.25, -0.2) is 0 Å². The summed E-state index contributed by atoms with van der Waals surface area (Å²) in [6.45, 7) is 2.12. The zero-order valence-corrected chi connectivity index (χ0v) is 12.0. The highest BCUT2D eigenvalue weighted by atomic mass is 16.5. The maximum atomic E-state index is 11.4. The van der Waals surface area contributed by atoms with Crippen LogP contribution in [0.5, 0.6) is 11.5 Å². The van der Waals surface area contributed by atoms with Crippen LogP contribution >= 0.6 is 0 Å². The standard InChI is InChI=1S/C17H18N2O2/c1-2-11-3-6-13(7-4-11)21-16-9-12-5-8-17(20)19-15(12)10-14(16)18/h3-4,6-7,9-10H,2,5,8,18H2,1H3,(H,19,20). The maximum Gasteiger partial charge on any atom is 0.224 e. The van der Waals surface area contributed by atoms with Crippen molar-refractivity contribution in [1.82, 2.24) is 0 Å². The first-order valence-electron chi connectivity index (χ1n) is 7.14. The molecule has 2 aromatic carbocycles. The predicted octanol–water partition coefficient (Wildman–Crippen LogP) is 3.51. The zero-order chi connectivity index (χ0) is 14.8. The summed E-state index contributed by atoms with van der Waals surface area (Å²) in [5, 5.41) is 2.83. The monoisotopic (exact) mass is 282 g/mol. The lowest BCUT2D eigenvalue weighted by molar-refractivity contribution is -0.116. The van der Waals surface area contributed by atoms with Crippen LogP contribution in [0.3, 0.4) is 0 Å². The van der Waals surface area contributed by atoms with Gasteiger partial charge in [0.05, 0.1) is 5.69 Å². The molecule has 1 aliphatic heterocycles. The van der Waals surface area contributed by atoms with E-state index >= 15 is 0 Å². The molecule has 0 radical (unpaired) electrons. The van der Waals surface area contributed by atoms with Crippen LogP contribution < -0.4 is 15.8 Å². The van der Waals surface area contributed by atoms with E-state index in [4.69, 9.17) is 10.5 Å². The highest BCUT2D eigenvalue weighted by molar-refractivity contribution is 5.94. The molecular formula is C17H18N2O2. The average molecular weight is 282 g/mol. The van der Waals surface area contributed by atoms with E-state index in [0.29, 0.717) is 24.3 Å². The Morgan fingerprint density at radius 1 is 1.19 bits per heavy atom. The van der Waals surface area contributed by atoms with E-state index in [9.17, 15) is 4.79 Å². The third kappa shape index (κ3) is 2.84. The summed E-state index contributed by atoms with van der Waals surface area (Å²) in [5.41, 5.74) is 9.66. The molecule has 0 aliphatic carbocycles. The number of nitrogens with two attached hydrogens (primary N) is 1. The quantitative estimate of drug-likeness (QED) is 0.847. The van der Waals surface area contributed by atoms with E-state index in [1.165, 1.54) is 5.56 Å². The molecular weight excluding hydrogens is 264 g/mol. The van der Waals surface area contributed by atoms with Gasteiger partial charge < -0.3 is 15.8 Å². The third-order valence-corrected chi connectivity index (χ3v) is 3.69. The van der Waals surface area contributed by atoms with Gasteiger partial charge >= 0.3 is 0 Å². The Morgan fingerprint density at radius 2 is 1.95 bits per heavy atom. The van der Waals surface area contributed by atoms with Crippen LogP contribution in [0.4, 0.5) is 11.4 Å². The molecule has 0 saturated heterocycles. The second kappa shape index (κ2) is 5.48. The van der Waals surface area contributed by atoms with Gasteiger partial charge in [-0.1, -0.05) is 19.1 Å². The fourth-order valence-corrected chi connectivity index (χ4v) is 2.43. The van der Waals surface area contributed by atoms with Crippen LogP contribution in [-0.2, 0) is 17.6 Å². The van der Waals surface area contributed by atoms with Crippen LogP contribution in [0, 0.1) is 0 Å². The van der Waals surface area contributed by atoms with Gasteiger partial charge in [-0.3, -0.25) is 4.79 Å². The first-order chi connectivity index (χ1) is 10.2. The normalized spacial score (nSPS) is 13.5. The number of ether oxygens (including phenoxy) is 1. The van der Waals surface area contributed by atoms with Gasteiger partial charge in [0.1, 0.15) is 5.75 Å². The molecule has 108 valence electrons. The van der Waals surface area contributed by atoms with E-state index < -0.39 is 0 Å². The molecule has 0 spiro atoms. The van der Waals surface area contributed by atoms with Gasteiger partial charge in [0.25, 0.3) is 0 Å². The second-order valence-corrected chi connectivity index (χ2v) is 5.19. The van der Waals surface area contributed by atoms with Gasteiger partial charge in [-0.15, -0.1) is 0 Å². The van der Waals surface area contributed by atoms with E-state index in [1.54, 1.807) is 6.07 Å². The molecule has 0 saturated carbocycles. The molecule has 0 unspecified atom stereocenters. The highest BCUT2D eigenvalue weighted by Gasteiger charge is 2.17. The van der Waals surface area contributed by atoms with Crippen molar-refractivity contribution in [3.63, 3.8) is 0 Å². The first kappa shape index (κ1) is 13.5. The minimum atomic E-state index is 0.0331. The largest absolute Gasteiger partial charge is 0.455 e. The molecule has 1 aliphatic rings. The molecule has 21 heavy (non-hydrogen) atoms. The maximum absolute atomic E-state index is 11.4. The molecule has 2 aromatic rings. The molecule has 0 fully saturated rings. The number of fused-ring (bicyclic) bond motifs is 1. The Bertz CT molecular complexity index is 678. The van der Waals surface area contributed by atoms with Gasteiger partial charge in [0, 0.05) is 12.1 Å². The van der Waals surface area contributed by atoms with E-state index in [2.05, 4.69) is 12.2 Å². The summed E-state index contributed by atoms with van der Waals surface area (Å²) in [4.78, 5) is 11.4. The highest BCUT2D eigenvalue weighted by Crippen LogP contribution is 2.35. The number of amides is 1. The summed E-state index contributed by atoms with van der Waals surface area (Å²) in [6, 6.07) is 11.7. The van der Waals surface area contributed by atoms with Gasteiger partial charge in [-0.2, -0.15) is 0 Å². The third-order valence-electron chi connectivity index (χ3n) is 3.69. The number of hydrogen-bond acceptors (Lipinski definition) is 3. The smallest absolute Gasteiger partial charge is 0.224 e. The molecule has 0 aromatic heterocycles. The lowest BCUT2D eigenvalue weighted by atomic mass is 10.0. The molecule has 1 heterocycles. The number of anilines is 2. The van der Waals surface area contributed by atoms with Crippen LogP contribution in [0.2, 0.25) is 0 Å². The van der Waals surface area contributed by atoms with Crippen molar-refractivity contribution in [1.29, 1.82) is 0 Å². The average Bonchev–Trinajstić information content (AvgIpc) is 2.49. The number of rotatable bonds is 3. The van der Waals surface area contributed by atoms with Crippen molar-refractivity contribution in [2.75, 3.05) is 11.1 Å². The number of hydrogen-bond donors (Lipinski definition) is 2. The molecule has 4 heteroatoms. The SMILES string of the molecule is CCc1ccc(Oc2cc3c(cc2N)NC(=O)CC3)cc1. The fourth-order valence-electron chi connectivity index (χ4n) is 2.43. The van der Waals surface area contributed by atoms with Crippen LogP contribution in [0.25, 0.3) is 0 Å². The summed E-state index contributed by atoms with van der Waals surface area (Å²) in [5.74, 6) is 1.43. The van der Waals surface area contributed by atoms with Gasteiger partial charge in [0.2, 0.25) is 5.91 Å². The van der Waals surface area contributed by atoms with E-state index in [-0.39, 0.29) is 5.91 Å². The molecule has 4 nitrogen and oxygen atoms in total. The van der Waals surface area contributed by atoms with Crippen molar-refractivity contribution in [2.24, 2.45) is 0 Å². The van der Waals surface area contributed by atoms with Crippen molar-refractivity contribution in [2.45, 2.75) is 26.2 Å². The van der Waals surface area contributed by atoms with Crippen molar-refractivity contribution < 1.29 is 9.53 Å². The number of carbonyl (C=O) groups is 1. The van der Waals surface area contributed by atoms with Crippen LogP contribution in [0.15, 0.2) is 36.4 Å². The number of nitrogen functional groups attached to an aromatic ring is 1. The van der Waals surface area contributed by atoms with E-state index in [0.717, 1.165) is 23.4 Å². The first-order valence-corrected chi connectivity index (χ1v) is 7.14. The minimum absolute atomic E-state index is 0.0331. The summed E-state index contributed by atoms with van der Waals surface area (Å²) >= 11 is 0. The number of benzene rings is 2. The van der Waals surface area contributed by atoms with E-state index in [1.807, 2.05) is 30.3 Å². The Labute approximate surface area is 123 Å². The Balaban J connectivity index is 1.86. The lowest BCUT2D eigenvalue weighted by Crippen LogP contribution is -2.19. The van der Waals surface area contributed by atoms with Crippen molar-refractivity contribution >= 4 is 17.3 Å². The van der Waals surface area contributed by atoms with Crippen LogP contribution in [0.1, 0.15) is 24.5 Å². The molecule has 0 atom stereocenters. The minimum Gasteiger partial charge on any atom is -0.455 e. The topological polar surface area (TPSA) is 64.3 Å². The number of nitrogens with one attached hydrogen (secondary N) is 1. The Hall–Kier alpha value is -2.49. The fraction of sp³-hybridized carbons (Fsp3) is 0.235. The molecule has 3 rings (SSSR count). The lowest BCUT2D eigenvalue weighted by Gasteiger charge is -2.19. The molecule has 0 bridgehead atoms. The Kier molecular flexibility index (Phi) is 3.52. The van der Waals surface area contributed by atoms with Crippen LogP contribution in [-0.4, -0.2) is 5.91 Å². The molecule has 1 amide bonds. The number of carbonyl (C=O) groups excluding carboxylic acids is 1. The van der Waals surface area contributed by atoms with Crippen molar-refractivity contribution in [3.05, 3.63) is 47.5 Å². The second-order valence-electron chi connectivity index (χ2n) is 5.19. The summed E-state index contributed by atoms with van der Waals surface area (Å²) in [6.07, 6.45) is 2.22. The van der Waals surface area contributed by atoms with Gasteiger partial charge in [0.15, 0.2) is 5.75 Å². The zero-order valence-electron chi connectivity index (χ0n) is 12.0. The van der Waals surface area contributed by atoms with Gasteiger partial charge in [-0.05, 0) is 48.2 Å². The summed E-state index contributed by atoms with van der Waals surface area (Å²) in [7, 11) is 0. The molecule has 3 N–H and O–H groups in total.